The first-order valence-corrected chi connectivity index (χ1v) is 8.14. The highest BCUT2D eigenvalue weighted by Gasteiger charge is 2.23. The van der Waals surface area contributed by atoms with Crippen LogP contribution in [-0.4, -0.2) is 37.5 Å². The minimum absolute atomic E-state index is 0. The average Bonchev–Trinajstić information content (AvgIpc) is 2.48. The van der Waals surface area contributed by atoms with E-state index in [-0.39, 0.29) is 30.4 Å². The van der Waals surface area contributed by atoms with Crippen LogP contribution in [0.1, 0.15) is 24.4 Å². The third kappa shape index (κ3) is 4.36. The number of nitrogens with one attached hydrogen (secondary N) is 2. The third-order valence-corrected chi connectivity index (χ3v) is 4.85. The van der Waals surface area contributed by atoms with E-state index in [0.717, 1.165) is 25.3 Å². The van der Waals surface area contributed by atoms with Crippen molar-refractivity contribution in [2.75, 3.05) is 25.5 Å². The summed E-state index contributed by atoms with van der Waals surface area (Å²) in [6.45, 7) is 2.21. The Balaban J connectivity index is 0.00000161. The summed E-state index contributed by atoms with van der Waals surface area (Å²) in [5.41, 5.74) is 1.25. The largest absolute Gasteiger partial charge is 0.378 e. The van der Waals surface area contributed by atoms with Crippen LogP contribution < -0.4 is 10.6 Å². The highest BCUT2D eigenvalue weighted by atomic mass is 35.5. The van der Waals surface area contributed by atoms with Crippen molar-refractivity contribution in [3.05, 3.63) is 29.8 Å². The lowest BCUT2D eigenvalue weighted by atomic mass is 10.0. The van der Waals surface area contributed by atoms with Gasteiger partial charge in [0.15, 0.2) is 0 Å². The standard InChI is InChI=1S/C15H20N2O2S.ClH/c18-15(9-11-10-19-7-6-16-11)17-13-5-8-20-14-4-2-1-3-12(13)14;/h1-4,11,13,16H,5-10H2,(H,17,18);1H. The molecule has 21 heavy (non-hydrogen) atoms. The number of carbonyl (C=O) groups is 1. The fourth-order valence-corrected chi connectivity index (χ4v) is 3.85. The van der Waals surface area contributed by atoms with E-state index in [2.05, 4.69) is 28.8 Å². The van der Waals surface area contributed by atoms with E-state index >= 15 is 0 Å². The van der Waals surface area contributed by atoms with Crippen molar-refractivity contribution in [1.82, 2.24) is 10.6 Å². The summed E-state index contributed by atoms with van der Waals surface area (Å²) in [7, 11) is 0. The van der Waals surface area contributed by atoms with E-state index in [1.807, 2.05) is 17.8 Å². The van der Waals surface area contributed by atoms with Gasteiger partial charge in [-0.1, -0.05) is 18.2 Å². The number of amides is 1. The molecule has 1 saturated heterocycles. The summed E-state index contributed by atoms with van der Waals surface area (Å²) in [5.74, 6) is 1.17. The summed E-state index contributed by atoms with van der Waals surface area (Å²) >= 11 is 1.87. The summed E-state index contributed by atoms with van der Waals surface area (Å²) in [6.07, 6.45) is 1.49. The maximum Gasteiger partial charge on any atom is 0.222 e. The zero-order valence-electron chi connectivity index (χ0n) is 11.8. The van der Waals surface area contributed by atoms with Crippen molar-refractivity contribution < 1.29 is 9.53 Å². The van der Waals surface area contributed by atoms with Crippen molar-refractivity contribution >= 4 is 30.1 Å². The molecule has 0 saturated carbocycles. The van der Waals surface area contributed by atoms with E-state index in [1.54, 1.807) is 0 Å². The van der Waals surface area contributed by atoms with Crippen LogP contribution in [0.5, 0.6) is 0 Å². The first kappa shape index (κ1) is 16.6. The quantitative estimate of drug-likeness (QED) is 0.892. The molecule has 3 rings (SSSR count). The van der Waals surface area contributed by atoms with Crippen LogP contribution in [0.25, 0.3) is 0 Å². The minimum atomic E-state index is 0. The Morgan fingerprint density at radius 2 is 2.29 bits per heavy atom. The van der Waals surface area contributed by atoms with Crippen LogP contribution in [0, 0.1) is 0 Å². The van der Waals surface area contributed by atoms with Gasteiger partial charge in [0.1, 0.15) is 0 Å². The predicted molar refractivity (Wildman–Crippen MR) is 87.1 cm³/mol. The molecule has 1 aromatic carbocycles. The fraction of sp³-hybridized carbons (Fsp3) is 0.533. The number of hydrogen-bond acceptors (Lipinski definition) is 4. The molecular weight excluding hydrogens is 308 g/mol. The van der Waals surface area contributed by atoms with Crippen LogP contribution >= 0.6 is 24.2 Å². The van der Waals surface area contributed by atoms with Gasteiger partial charge in [0.05, 0.1) is 19.3 Å². The van der Waals surface area contributed by atoms with Gasteiger partial charge >= 0.3 is 0 Å². The van der Waals surface area contributed by atoms with Crippen LogP contribution in [0.15, 0.2) is 29.2 Å². The van der Waals surface area contributed by atoms with Gasteiger partial charge in [0.25, 0.3) is 0 Å². The monoisotopic (exact) mass is 328 g/mol. The van der Waals surface area contributed by atoms with E-state index < -0.39 is 0 Å². The Morgan fingerprint density at radius 3 is 3.10 bits per heavy atom. The molecule has 2 aliphatic rings. The van der Waals surface area contributed by atoms with Gasteiger partial charge < -0.3 is 15.4 Å². The first-order chi connectivity index (χ1) is 9.83. The van der Waals surface area contributed by atoms with Gasteiger partial charge in [-0.05, 0) is 18.1 Å². The van der Waals surface area contributed by atoms with Gasteiger partial charge in [-0.15, -0.1) is 24.2 Å². The highest BCUT2D eigenvalue weighted by Crippen LogP contribution is 2.35. The van der Waals surface area contributed by atoms with Crippen molar-refractivity contribution in [2.24, 2.45) is 0 Å². The SMILES string of the molecule is Cl.O=C(CC1COCCN1)NC1CCSc2ccccc21. The zero-order chi connectivity index (χ0) is 13.8. The fourth-order valence-electron chi connectivity index (χ4n) is 2.72. The van der Waals surface area contributed by atoms with Gasteiger partial charge in [-0.25, -0.2) is 0 Å². The molecule has 6 heteroatoms. The molecule has 116 valence electrons. The van der Waals surface area contributed by atoms with Crippen molar-refractivity contribution in [3.8, 4) is 0 Å². The maximum absolute atomic E-state index is 12.2. The van der Waals surface area contributed by atoms with Crippen molar-refractivity contribution in [1.29, 1.82) is 0 Å². The molecular formula is C15H21ClN2O2S. The van der Waals surface area contributed by atoms with Gasteiger partial charge in [-0.2, -0.15) is 0 Å². The third-order valence-electron chi connectivity index (χ3n) is 3.72. The number of carbonyl (C=O) groups excluding carboxylic acids is 1. The van der Waals surface area contributed by atoms with Crippen molar-refractivity contribution in [2.45, 2.75) is 29.8 Å². The number of fused-ring (bicyclic) bond motifs is 1. The minimum Gasteiger partial charge on any atom is -0.378 e. The van der Waals surface area contributed by atoms with Crippen LogP contribution in [0.2, 0.25) is 0 Å². The number of hydrogen-bond donors (Lipinski definition) is 2. The molecule has 0 bridgehead atoms. The molecule has 4 nitrogen and oxygen atoms in total. The molecule has 1 aromatic rings. The topological polar surface area (TPSA) is 50.4 Å². The van der Waals surface area contributed by atoms with Gasteiger partial charge in [0.2, 0.25) is 5.91 Å². The number of morpholine rings is 1. The highest BCUT2D eigenvalue weighted by molar-refractivity contribution is 7.99. The second kappa shape index (κ2) is 8.03. The van der Waals surface area contributed by atoms with E-state index in [0.29, 0.717) is 13.0 Å². The number of rotatable bonds is 3. The van der Waals surface area contributed by atoms with Gasteiger partial charge in [-0.3, -0.25) is 4.79 Å². The predicted octanol–water partition coefficient (Wildman–Crippen LogP) is 2.14. The molecule has 2 aliphatic heterocycles. The van der Waals surface area contributed by atoms with Crippen LogP contribution in [-0.2, 0) is 9.53 Å². The second-order valence-corrected chi connectivity index (χ2v) is 6.36. The summed E-state index contributed by atoms with van der Waals surface area (Å²) in [5, 5.41) is 6.49. The van der Waals surface area contributed by atoms with Crippen LogP contribution in [0.4, 0.5) is 0 Å². The van der Waals surface area contributed by atoms with E-state index in [4.69, 9.17) is 4.74 Å². The molecule has 2 N–H and O–H groups in total. The van der Waals surface area contributed by atoms with Crippen LogP contribution in [0.3, 0.4) is 0 Å². The Kier molecular flexibility index (Phi) is 6.36. The Hall–Kier alpha value is -0.750. The molecule has 0 aliphatic carbocycles. The zero-order valence-corrected chi connectivity index (χ0v) is 13.5. The lowest BCUT2D eigenvalue weighted by molar-refractivity contribution is -0.123. The van der Waals surface area contributed by atoms with Crippen molar-refractivity contribution in [3.63, 3.8) is 0 Å². The lowest BCUT2D eigenvalue weighted by Gasteiger charge is -2.28. The lowest BCUT2D eigenvalue weighted by Crippen LogP contribution is -2.44. The van der Waals surface area contributed by atoms with E-state index in [1.165, 1.54) is 10.5 Å². The molecule has 2 atom stereocenters. The summed E-state index contributed by atoms with van der Waals surface area (Å²) in [4.78, 5) is 13.5. The molecule has 2 heterocycles. The molecule has 1 fully saturated rings. The Bertz CT molecular complexity index is 480. The molecule has 2 unspecified atom stereocenters. The average molecular weight is 329 g/mol. The molecule has 0 radical (unpaired) electrons. The number of halogens is 1. The second-order valence-electron chi connectivity index (χ2n) is 5.23. The first-order valence-electron chi connectivity index (χ1n) is 7.15. The number of ether oxygens (including phenoxy) is 1. The van der Waals surface area contributed by atoms with E-state index in [9.17, 15) is 4.79 Å². The number of benzene rings is 1. The van der Waals surface area contributed by atoms with Gasteiger partial charge in [0, 0.05) is 29.7 Å². The summed E-state index contributed by atoms with van der Waals surface area (Å²) < 4.78 is 5.38. The Morgan fingerprint density at radius 1 is 1.43 bits per heavy atom. The maximum atomic E-state index is 12.2. The smallest absolute Gasteiger partial charge is 0.222 e. The number of thioether (sulfide) groups is 1. The molecule has 1 amide bonds. The Labute approximate surface area is 135 Å². The molecule has 0 spiro atoms. The summed E-state index contributed by atoms with van der Waals surface area (Å²) in [6, 6.07) is 8.66. The molecule has 0 aromatic heterocycles. The normalized spacial score (nSPS) is 24.6.